The van der Waals surface area contributed by atoms with Gasteiger partial charge in [0.25, 0.3) is 11.8 Å². The molecule has 0 aliphatic carbocycles. The summed E-state index contributed by atoms with van der Waals surface area (Å²) in [5.74, 6) is 0.869. The first kappa shape index (κ1) is 21.3. The molecule has 170 valence electrons. The van der Waals surface area contributed by atoms with E-state index in [2.05, 4.69) is 31.2 Å². The van der Waals surface area contributed by atoms with E-state index in [1.807, 2.05) is 28.0 Å². The molecule has 3 aromatic rings. The number of carbonyl (C=O) groups is 2. The van der Waals surface area contributed by atoms with Crippen molar-refractivity contribution in [3.8, 4) is 5.75 Å². The molecule has 0 bridgehead atoms. The Morgan fingerprint density at radius 2 is 1.88 bits per heavy atom. The van der Waals surface area contributed by atoms with Crippen LogP contribution in [0.4, 0.5) is 0 Å². The Kier molecular flexibility index (Phi) is 5.90. The number of hydrogen-bond acceptors (Lipinski definition) is 4. The van der Waals surface area contributed by atoms with Crippen LogP contribution in [0.25, 0.3) is 0 Å². The largest absolute Gasteiger partial charge is 0.484 e. The lowest BCUT2D eigenvalue weighted by atomic mass is 9.87. The molecule has 6 heteroatoms. The van der Waals surface area contributed by atoms with E-state index in [-0.39, 0.29) is 24.5 Å². The van der Waals surface area contributed by atoms with E-state index < -0.39 is 0 Å². The highest BCUT2D eigenvalue weighted by molar-refractivity contribution is 5.92. The van der Waals surface area contributed by atoms with Gasteiger partial charge in [-0.25, -0.2) is 0 Å². The number of benzene rings is 2. The normalized spacial score (nSPS) is 17.7. The first-order chi connectivity index (χ1) is 16.1. The number of nitrogens with zero attached hydrogens (tertiary/aromatic N) is 2. The zero-order valence-electron chi connectivity index (χ0n) is 18.8. The van der Waals surface area contributed by atoms with E-state index in [1.54, 1.807) is 12.1 Å². The lowest BCUT2D eigenvalue weighted by Crippen LogP contribution is -2.40. The summed E-state index contributed by atoms with van der Waals surface area (Å²) < 4.78 is 11.3. The van der Waals surface area contributed by atoms with E-state index in [0.29, 0.717) is 18.1 Å². The lowest BCUT2D eigenvalue weighted by Gasteiger charge is -2.37. The molecule has 0 unspecified atom stereocenters. The molecule has 2 aliphatic heterocycles. The van der Waals surface area contributed by atoms with Crippen LogP contribution in [0.5, 0.6) is 5.75 Å². The van der Waals surface area contributed by atoms with Crippen LogP contribution in [0, 0.1) is 6.92 Å². The van der Waals surface area contributed by atoms with Gasteiger partial charge in [0.1, 0.15) is 5.75 Å². The molecule has 1 saturated heterocycles. The van der Waals surface area contributed by atoms with Crippen molar-refractivity contribution >= 4 is 11.8 Å². The third-order valence-electron chi connectivity index (χ3n) is 6.52. The Bertz CT molecular complexity index is 1150. The minimum Gasteiger partial charge on any atom is -0.484 e. The monoisotopic (exact) mass is 444 g/mol. The van der Waals surface area contributed by atoms with Crippen molar-refractivity contribution in [1.29, 1.82) is 0 Å². The fourth-order valence-electron chi connectivity index (χ4n) is 4.85. The molecule has 2 aliphatic rings. The molecule has 33 heavy (non-hydrogen) atoms. The maximum atomic E-state index is 13.3. The minimum atomic E-state index is -0.260. The van der Waals surface area contributed by atoms with Gasteiger partial charge in [-0.1, -0.05) is 35.9 Å². The predicted molar refractivity (Wildman–Crippen MR) is 124 cm³/mol. The van der Waals surface area contributed by atoms with Crippen LogP contribution in [0.2, 0.25) is 0 Å². The zero-order valence-corrected chi connectivity index (χ0v) is 18.8. The van der Waals surface area contributed by atoms with Gasteiger partial charge in [0.2, 0.25) is 0 Å². The standard InChI is InChI=1S/C27H28N2O4/c1-19-6-4-7-21(16-19)26-23-17-22(33-18-25(30)28-12-2-3-13-28)10-9-20(23)11-14-29(26)27(31)24-8-5-15-32-24/h4-10,15-17,26H,2-3,11-14,18H2,1H3/t26-/m0/s1. The highest BCUT2D eigenvalue weighted by Gasteiger charge is 2.34. The van der Waals surface area contributed by atoms with Crippen molar-refractivity contribution in [1.82, 2.24) is 9.80 Å². The number of amides is 2. The molecule has 2 amide bonds. The minimum absolute atomic E-state index is 0.0232. The van der Waals surface area contributed by atoms with Crippen LogP contribution >= 0.6 is 0 Å². The number of hydrogen-bond donors (Lipinski definition) is 0. The highest BCUT2D eigenvalue weighted by atomic mass is 16.5. The maximum absolute atomic E-state index is 13.3. The van der Waals surface area contributed by atoms with Gasteiger partial charge in [-0.05, 0) is 67.1 Å². The molecule has 0 N–H and O–H groups in total. The van der Waals surface area contributed by atoms with Crippen LogP contribution in [0.15, 0.2) is 65.3 Å². The number of furan rings is 1. The van der Waals surface area contributed by atoms with Crippen LogP contribution in [0.1, 0.15) is 51.7 Å². The molecule has 1 fully saturated rings. The Morgan fingerprint density at radius 3 is 2.64 bits per heavy atom. The van der Waals surface area contributed by atoms with Crippen LogP contribution in [-0.4, -0.2) is 47.9 Å². The maximum Gasteiger partial charge on any atom is 0.290 e. The highest BCUT2D eigenvalue weighted by Crippen LogP contribution is 2.38. The Morgan fingerprint density at radius 1 is 1.03 bits per heavy atom. The Hall–Kier alpha value is -3.54. The third-order valence-corrected chi connectivity index (χ3v) is 6.52. The fraction of sp³-hybridized carbons (Fsp3) is 0.333. The second-order valence-electron chi connectivity index (χ2n) is 8.78. The first-order valence-corrected chi connectivity index (χ1v) is 11.5. The van der Waals surface area contributed by atoms with E-state index in [0.717, 1.165) is 49.0 Å². The summed E-state index contributed by atoms with van der Waals surface area (Å²) in [4.78, 5) is 29.5. The van der Waals surface area contributed by atoms with Gasteiger partial charge < -0.3 is 19.0 Å². The quantitative estimate of drug-likeness (QED) is 0.586. The molecular formula is C27H28N2O4. The van der Waals surface area contributed by atoms with E-state index in [9.17, 15) is 9.59 Å². The molecule has 0 saturated carbocycles. The number of carbonyl (C=O) groups excluding carboxylic acids is 2. The van der Waals surface area contributed by atoms with Crippen molar-refractivity contribution in [3.63, 3.8) is 0 Å². The average Bonchev–Trinajstić information content (AvgIpc) is 3.56. The van der Waals surface area contributed by atoms with Crippen molar-refractivity contribution < 1.29 is 18.7 Å². The summed E-state index contributed by atoms with van der Waals surface area (Å²) in [6, 6.07) is 17.4. The van der Waals surface area contributed by atoms with Crippen LogP contribution < -0.4 is 4.74 Å². The van der Waals surface area contributed by atoms with Gasteiger partial charge >= 0.3 is 0 Å². The van der Waals surface area contributed by atoms with Crippen molar-refractivity contribution in [2.24, 2.45) is 0 Å². The summed E-state index contributed by atoms with van der Waals surface area (Å²) in [7, 11) is 0. The molecule has 1 atom stereocenters. The van der Waals surface area contributed by atoms with E-state index in [4.69, 9.17) is 9.15 Å². The van der Waals surface area contributed by atoms with Gasteiger partial charge in [0.05, 0.1) is 12.3 Å². The third kappa shape index (κ3) is 4.38. The lowest BCUT2D eigenvalue weighted by molar-refractivity contribution is -0.132. The Labute approximate surface area is 193 Å². The van der Waals surface area contributed by atoms with Crippen molar-refractivity contribution in [3.05, 3.63) is 88.9 Å². The van der Waals surface area contributed by atoms with Crippen molar-refractivity contribution in [2.45, 2.75) is 32.2 Å². The number of likely N-dealkylation sites (tertiary alicyclic amines) is 1. The predicted octanol–water partition coefficient (Wildman–Crippen LogP) is 4.38. The Balaban J connectivity index is 1.46. The number of ether oxygens (including phenoxy) is 1. The summed E-state index contributed by atoms with van der Waals surface area (Å²) in [6.45, 7) is 4.30. The number of aryl methyl sites for hydroxylation is 1. The summed E-state index contributed by atoms with van der Waals surface area (Å²) >= 11 is 0. The zero-order chi connectivity index (χ0) is 22.8. The van der Waals surface area contributed by atoms with Crippen LogP contribution in [0.3, 0.4) is 0 Å². The smallest absolute Gasteiger partial charge is 0.290 e. The molecule has 3 heterocycles. The molecule has 0 spiro atoms. The van der Waals surface area contributed by atoms with Crippen molar-refractivity contribution in [2.75, 3.05) is 26.2 Å². The van der Waals surface area contributed by atoms with Crippen LogP contribution in [-0.2, 0) is 11.2 Å². The molecule has 5 rings (SSSR count). The SMILES string of the molecule is Cc1cccc([C@H]2c3cc(OCC(=O)N4CCCC4)ccc3CCN2C(=O)c2ccco2)c1. The second-order valence-corrected chi connectivity index (χ2v) is 8.78. The first-order valence-electron chi connectivity index (χ1n) is 11.5. The fourth-order valence-corrected chi connectivity index (χ4v) is 4.85. The number of fused-ring (bicyclic) bond motifs is 1. The van der Waals surface area contributed by atoms with E-state index in [1.165, 1.54) is 11.8 Å². The molecule has 2 aromatic carbocycles. The summed E-state index contributed by atoms with van der Waals surface area (Å²) in [5, 5.41) is 0. The van der Waals surface area contributed by atoms with E-state index >= 15 is 0 Å². The van der Waals surface area contributed by atoms with Gasteiger partial charge in [0.15, 0.2) is 12.4 Å². The molecular weight excluding hydrogens is 416 g/mol. The number of rotatable bonds is 5. The molecule has 6 nitrogen and oxygen atoms in total. The van der Waals surface area contributed by atoms with Gasteiger partial charge in [0, 0.05) is 19.6 Å². The summed E-state index contributed by atoms with van der Waals surface area (Å²) in [6.07, 6.45) is 4.39. The summed E-state index contributed by atoms with van der Waals surface area (Å²) in [5.41, 5.74) is 4.39. The van der Waals surface area contributed by atoms with Gasteiger partial charge in [-0.3, -0.25) is 9.59 Å². The average molecular weight is 445 g/mol. The second kappa shape index (κ2) is 9.14. The molecule has 1 aromatic heterocycles. The topological polar surface area (TPSA) is 63.0 Å². The molecule has 0 radical (unpaired) electrons. The van der Waals surface area contributed by atoms with Gasteiger partial charge in [-0.2, -0.15) is 0 Å². The van der Waals surface area contributed by atoms with Gasteiger partial charge in [-0.15, -0.1) is 0 Å².